The molecule has 0 nitrogen and oxygen atoms in total. The van der Waals surface area contributed by atoms with Gasteiger partial charge >= 0.3 is 12.3 Å². The molecule has 0 aliphatic carbocycles. The standard InChI is InChI=1S/C4H9.C3H7.Al.BrH/c1-3-4-2;1-3-2;;/h1,3-4H2,2H3;1,3H2,2H3;;1H/q;;+1;/p-1. The molecular weight excluding hydrogens is 191 g/mol. The molecule has 0 radical (unpaired) electrons. The lowest BCUT2D eigenvalue weighted by atomic mass is 10.4. The van der Waals surface area contributed by atoms with Crippen LogP contribution in [0.5, 0.6) is 0 Å². The summed E-state index contributed by atoms with van der Waals surface area (Å²) in [6, 6.07) is 0. The van der Waals surface area contributed by atoms with Crippen LogP contribution in [0.15, 0.2) is 0 Å². The van der Waals surface area contributed by atoms with Crippen molar-refractivity contribution in [2.75, 3.05) is 0 Å². The Balaban J connectivity index is 2.95. The Morgan fingerprint density at radius 1 is 1.11 bits per heavy atom. The molecule has 0 saturated carbocycles. The van der Waals surface area contributed by atoms with Crippen molar-refractivity contribution < 1.29 is 0 Å². The topological polar surface area (TPSA) is 0 Å². The molecule has 0 aliphatic heterocycles. The third-order valence-corrected chi connectivity index (χ3v) is 6.46. The van der Waals surface area contributed by atoms with Gasteiger partial charge in [0.25, 0.3) is 0 Å². The van der Waals surface area contributed by atoms with Gasteiger partial charge in [-0.25, -0.2) is 14.1 Å². The molecule has 0 atom stereocenters. The highest BCUT2D eigenvalue weighted by molar-refractivity contribution is 9.24. The van der Waals surface area contributed by atoms with Gasteiger partial charge in [-0.15, -0.1) is 0 Å². The third-order valence-electron chi connectivity index (χ3n) is 1.47. The first kappa shape index (κ1) is 10.0. The minimum atomic E-state index is -0.407. The Hall–Kier alpha value is 1.01. The van der Waals surface area contributed by atoms with Gasteiger partial charge in [0.2, 0.25) is 0 Å². The van der Waals surface area contributed by atoms with Crippen molar-refractivity contribution in [3.63, 3.8) is 0 Å². The summed E-state index contributed by atoms with van der Waals surface area (Å²) in [5.41, 5.74) is 0. The fourth-order valence-corrected chi connectivity index (χ4v) is 4.99. The number of halogens is 1. The van der Waals surface area contributed by atoms with E-state index in [0.29, 0.717) is 0 Å². The van der Waals surface area contributed by atoms with Crippen LogP contribution >= 0.6 is 14.1 Å². The van der Waals surface area contributed by atoms with Crippen LogP contribution in [0.2, 0.25) is 10.6 Å². The van der Waals surface area contributed by atoms with E-state index in [-0.39, 0.29) is 0 Å². The Kier molecular flexibility index (Phi) is 7.92. The number of rotatable bonds is 5. The van der Waals surface area contributed by atoms with Gasteiger partial charge in [-0.05, 0) is 0 Å². The van der Waals surface area contributed by atoms with Crippen LogP contribution in [0.1, 0.15) is 33.1 Å². The molecule has 0 saturated heterocycles. The molecule has 9 heavy (non-hydrogen) atoms. The van der Waals surface area contributed by atoms with Crippen molar-refractivity contribution in [2.24, 2.45) is 0 Å². The van der Waals surface area contributed by atoms with E-state index >= 15 is 0 Å². The molecule has 0 N–H and O–H groups in total. The first-order valence-electron chi connectivity index (χ1n) is 3.95. The Labute approximate surface area is 70.1 Å². The first-order chi connectivity index (χ1) is 4.31. The van der Waals surface area contributed by atoms with Crippen molar-refractivity contribution in [1.29, 1.82) is 0 Å². The summed E-state index contributed by atoms with van der Waals surface area (Å²) in [6.45, 7) is 4.53. The maximum atomic E-state index is 3.78. The molecule has 0 fully saturated rings. The predicted octanol–water partition coefficient (Wildman–Crippen LogP) is 3.58. The molecule has 2 heteroatoms. The summed E-state index contributed by atoms with van der Waals surface area (Å²) in [5, 5.41) is 2.96. The average Bonchev–Trinajstić information content (AvgIpc) is 1.85. The van der Waals surface area contributed by atoms with Gasteiger partial charge in [0.05, 0.1) is 0 Å². The average molecular weight is 207 g/mol. The highest BCUT2D eigenvalue weighted by atomic mass is 79.9. The second kappa shape index (κ2) is 7.12. The van der Waals surface area contributed by atoms with Crippen LogP contribution in [-0.4, -0.2) is 12.3 Å². The molecular formula is C7H16AlBr. The molecule has 54 valence electrons. The van der Waals surface area contributed by atoms with E-state index in [1.807, 2.05) is 0 Å². The maximum Gasteiger partial charge on any atom is 0.365 e. The van der Waals surface area contributed by atoms with Crippen molar-refractivity contribution >= 4 is 26.4 Å². The van der Waals surface area contributed by atoms with Gasteiger partial charge < -0.3 is 0 Å². The highest BCUT2D eigenvalue weighted by Gasteiger charge is 2.09. The Bertz CT molecular complexity index is 56.9. The van der Waals surface area contributed by atoms with E-state index < -0.39 is 12.3 Å². The van der Waals surface area contributed by atoms with E-state index in [4.69, 9.17) is 0 Å². The van der Waals surface area contributed by atoms with Crippen LogP contribution in [0.25, 0.3) is 0 Å². The molecule has 0 unspecified atom stereocenters. The summed E-state index contributed by atoms with van der Waals surface area (Å²) in [7, 11) is 0. The number of unbranched alkanes of at least 4 members (excludes halogenated alkanes) is 1. The minimum Gasteiger partial charge on any atom is -0.217 e. The molecule has 0 spiro atoms. The maximum absolute atomic E-state index is 3.78. The van der Waals surface area contributed by atoms with Crippen molar-refractivity contribution in [3.05, 3.63) is 0 Å². The fraction of sp³-hybridized carbons (Fsp3) is 1.00. The lowest BCUT2D eigenvalue weighted by molar-refractivity contribution is 0.873. The van der Waals surface area contributed by atoms with Crippen LogP contribution in [0.4, 0.5) is 0 Å². The Morgan fingerprint density at radius 3 is 2.22 bits per heavy atom. The van der Waals surface area contributed by atoms with Gasteiger partial charge in [0, 0.05) is 0 Å². The molecule has 0 rings (SSSR count). The first-order valence-corrected chi connectivity index (χ1v) is 8.77. The third kappa shape index (κ3) is 6.90. The second-order valence-corrected chi connectivity index (χ2v) is 8.76. The van der Waals surface area contributed by atoms with Crippen LogP contribution in [0.3, 0.4) is 0 Å². The summed E-state index contributed by atoms with van der Waals surface area (Å²) in [6.07, 6.45) is 4.16. The molecule has 0 aromatic heterocycles. The monoisotopic (exact) mass is 206 g/mol. The normalized spacial score (nSPS) is 9.67. The second-order valence-electron chi connectivity index (χ2n) is 2.53. The van der Waals surface area contributed by atoms with E-state index in [0.717, 1.165) is 0 Å². The summed E-state index contributed by atoms with van der Waals surface area (Å²) >= 11 is 3.37. The van der Waals surface area contributed by atoms with Gasteiger partial charge in [-0.3, -0.25) is 0 Å². The van der Waals surface area contributed by atoms with Crippen LogP contribution in [0, 0.1) is 0 Å². The summed E-state index contributed by atoms with van der Waals surface area (Å²) < 4.78 is 0. The van der Waals surface area contributed by atoms with E-state index in [9.17, 15) is 0 Å². The van der Waals surface area contributed by atoms with E-state index in [1.54, 1.807) is 0 Å². The molecule has 0 aromatic rings. The van der Waals surface area contributed by atoms with Crippen molar-refractivity contribution in [3.8, 4) is 0 Å². The summed E-state index contributed by atoms with van der Waals surface area (Å²) in [5.74, 6) is 0. The summed E-state index contributed by atoms with van der Waals surface area (Å²) in [4.78, 5) is 0. The van der Waals surface area contributed by atoms with Crippen LogP contribution in [-0.2, 0) is 0 Å². The van der Waals surface area contributed by atoms with E-state index in [2.05, 4.69) is 27.9 Å². The largest absolute Gasteiger partial charge is 0.365 e. The molecule has 0 aromatic carbocycles. The van der Waals surface area contributed by atoms with Crippen LogP contribution < -0.4 is 0 Å². The van der Waals surface area contributed by atoms with Gasteiger partial charge in [0.1, 0.15) is 0 Å². The van der Waals surface area contributed by atoms with Crippen molar-refractivity contribution in [2.45, 2.75) is 43.7 Å². The zero-order valence-electron chi connectivity index (χ0n) is 6.49. The SMILES string of the molecule is CCC[CH2][Al]([Br])[CH2]CC. The molecule has 0 bridgehead atoms. The quantitative estimate of drug-likeness (QED) is 0.604. The highest BCUT2D eigenvalue weighted by Crippen LogP contribution is 2.12. The lowest BCUT2D eigenvalue weighted by Gasteiger charge is -1.98. The van der Waals surface area contributed by atoms with Crippen molar-refractivity contribution in [1.82, 2.24) is 0 Å². The number of hydrogen-bond acceptors (Lipinski definition) is 0. The molecule has 0 heterocycles. The van der Waals surface area contributed by atoms with Gasteiger partial charge in [0.15, 0.2) is 0 Å². The number of hydrogen-bond donors (Lipinski definition) is 0. The minimum absolute atomic E-state index is 0.407. The molecule has 0 aliphatic rings. The van der Waals surface area contributed by atoms with Gasteiger partial charge in [-0.1, -0.05) is 43.7 Å². The molecule has 0 amide bonds. The van der Waals surface area contributed by atoms with E-state index in [1.165, 1.54) is 29.8 Å². The fourth-order valence-electron chi connectivity index (χ4n) is 0.883. The smallest absolute Gasteiger partial charge is 0.217 e. The predicted molar refractivity (Wildman–Crippen MR) is 49.5 cm³/mol. The lowest BCUT2D eigenvalue weighted by Crippen LogP contribution is -1.99. The Morgan fingerprint density at radius 2 is 1.78 bits per heavy atom. The zero-order valence-corrected chi connectivity index (χ0v) is 9.23. The van der Waals surface area contributed by atoms with Gasteiger partial charge in [-0.2, -0.15) is 0 Å². The zero-order chi connectivity index (χ0) is 7.11.